The molecule has 0 spiro atoms. The lowest BCUT2D eigenvalue weighted by Crippen LogP contribution is -2.57. The van der Waals surface area contributed by atoms with Crippen LogP contribution in [0.4, 0.5) is 0 Å². The SMILES string of the molecule is CC(C)C[C@H]1NC(=O)[C@@H](C)NC(=O)c2cc(on2)CN(C(=O)Cn2cnc3ccccc3c2=O)CCNC(=O)[C@@H](Cc2ccccc2)NC1=O. The maximum Gasteiger partial charge on any atom is 0.274 e. The van der Waals surface area contributed by atoms with Gasteiger partial charge in [0.05, 0.1) is 23.8 Å². The van der Waals surface area contributed by atoms with E-state index in [-0.39, 0.29) is 56.4 Å². The van der Waals surface area contributed by atoms with Crippen LogP contribution in [0.25, 0.3) is 10.9 Å². The number of nitrogens with zero attached hydrogens (tertiary/aromatic N) is 4. The monoisotopic (exact) mass is 684 g/mol. The molecule has 4 aromatic rings. The molecule has 5 amide bonds. The number of hydrogen-bond acceptors (Lipinski definition) is 9. The number of para-hydroxylation sites is 1. The summed E-state index contributed by atoms with van der Waals surface area (Å²) in [5, 5.41) is 15.1. The van der Waals surface area contributed by atoms with E-state index in [1.54, 1.807) is 24.3 Å². The van der Waals surface area contributed by atoms with E-state index in [4.69, 9.17) is 4.52 Å². The number of carbonyl (C=O) groups excluding carboxylic acids is 5. The fraction of sp³-hybridized carbons (Fsp3) is 0.371. The smallest absolute Gasteiger partial charge is 0.274 e. The van der Waals surface area contributed by atoms with Crippen LogP contribution in [0.15, 0.2) is 76.3 Å². The highest BCUT2D eigenvalue weighted by Crippen LogP contribution is 2.12. The third kappa shape index (κ3) is 8.98. The van der Waals surface area contributed by atoms with E-state index in [9.17, 15) is 28.8 Å². The quantitative estimate of drug-likeness (QED) is 0.228. The lowest BCUT2D eigenvalue weighted by atomic mass is 10.0. The average Bonchev–Trinajstić information content (AvgIpc) is 3.57. The maximum atomic E-state index is 13.7. The van der Waals surface area contributed by atoms with Crippen LogP contribution in [-0.4, -0.2) is 80.4 Å². The van der Waals surface area contributed by atoms with Crippen molar-refractivity contribution in [3.05, 3.63) is 94.4 Å². The Morgan fingerprint density at radius 1 is 0.920 bits per heavy atom. The molecule has 50 heavy (non-hydrogen) atoms. The van der Waals surface area contributed by atoms with Gasteiger partial charge < -0.3 is 30.7 Å². The molecule has 2 aromatic heterocycles. The molecule has 2 aromatic carbocycles. The second-order valence-corrected chi connectivity index (χ2v) is 12.6. The predicted octanol–water partition coefficient (Wildman–Crippen LogP) is 0.920. The van der Waals surface area contributed by atoms with Crippen molar-refractivity contribution in [3.8, 4) is 0 Å². The van der Waals surface area contributed by atoms with Gasteiger partial charge in [0.15, 0.2) is 11.5 Å². The van der Waals surface area contributed by atoms with Crippen LogP contribution in [0, 0.1) is 5.92 Å². The van der Waals surface area contributed by atoms with E-state index < -0.39 is 53.2 Å². The van der Waals surface area contributed by atoms with Gasteiger partial charge in [-0.1, -0.05) is 61.5 Å². The summed E-state index contributed by atoms with van der Waals surface area (Å²) in [5.41, 5.74) is 0.762. The molecule has 15 heteroatoms. The minimum absolute atomic E-state index is 0.00789. The summed E-state index contributed by atoms with van der Waals surface area (Å²) in [6.45, 7) is 4.70. The number of nitrogens with one attached hydrogen (secondary N) is 4. The highest BCUT2D eigenvalue weighted by atomic mass is 16.5. The normalized spacial score (nSPS) is 19.6. The van der Waals surface area contributed by atoms with Crippen LogP contribution in [-0.2, 0) is 38.7 Å². The Hall–Kier alpha value is -5.86. The Labute approximate surface area is 287 Å². The van der Waals surface area contributed by atoms with Crippen molar-refractivity contribution in [1.29, 1.82) is 0 Å². The second kappa shape index (κ2) is 16.0. The lowest BCUT2D eigenvalue weighted by Gasteiger charge is -2.26. The van der Waals surface area contributed by atoms with Gasteiger partial charge in [-0.15, -0.1) is 0 Å². The van der Waals surface area contributed by atoms with Gasteiger partial charge in [-0.25, -0.2) is 4.98 Å². The van der Waals surface area contributed by atoms with Crippen molar-refractivity contribution >= 4 is 40.4 Å². The highest BCUT2D eigenvalue weighted by Gasteiger charge is 2.30. The minimum Gasteiger partial charge on any atom is -0.359 e. The van der Waals surface area contributed by atoms with Crippen LogP contribution >= 0.6 is 0 Å². The Morgan fingerprint density at radius 2 is 1.64 bits per heavy atom. The first kappa shape index (κ1) is 35.4. The van der Waals surface area contributed by atoms with Gasteiger partial charge in [0.2, 0.25) is 23.6 Å². The first-order valence-electron chi connectivity index (χ1n) is 16.4. The first-order chi connectivity index (χ1) is 24.0. The van der Waals surface area contributed by atoms with Crippen LogP contribution in [0.5, 0.6) is 0 Å². The topological polar surface area (TPSA) is 198 Å². The maximum absolute atomic E-state index is 13.7. The van der Waals surface area contributed by atoms with Crippen LogP contribution < -0.4 is 26.8 Å². The van der Waals surface area contributed by atoms with Crippen molar-refractivity contribution in [1.82, 2.24) is 40.9 Å². The average molecular weight is 685 g/mol. The standard InChI is InChI=1S/C35H40N8O7/c1-21(2)15-27-33(47)40-28(16-23-9-5-4-6-10-23)32(46)36-13-14-42(18-24-17-29(41-50-24)34(48)38-22(3)31(45)39-27)30(44)19-43-20-37-26-12-8-7-11-25(26)35(43)49/h4-12,17,20-22,27-28H,13-16,18-19H2,1-3H3,(H,36,46)(H,38,48)(H,39,45)(H,40,47)/t22-,27-,28-/m1/s1. The molecule has 0 radical (unpaired) electrons. The zero-order valence-corrected chi connectivity index (χ0v) is 28.0. The summed E-state index contributed by atoms with van der Waals surface area (Å²) in [4.78, 5) is 85.8. The van der Waals surface area contributed by atoms with E-state index in [2.05, 4.69) is 31.4 Å². The molecule has 0 saturated carbocycles. The second-order valence-electron chi connectivity index (χ2n) is 12.6. The number of rotatable bonds is 6. The number of fused-ring (bicyclic) bond motifs is 3. The number of benzene rings is 2. The third-order valence-corrected chi connectivity index (χ3v) is 8.21. The van der Waals surface area contributed by atoms with Gasteiger partial charge in [-0.05, 0) is 37.0 Å². The van der Waals surface area contributed by atoms with Gasteiger partial charge in [0.25, 0.3) is 11.5 Å². The lowest BCUT2D eigenvalue weighted by molar-refractivity contribution is -0.134. The van der Waals surface area contributed by atoms with E-state index in [0.29, 0.717) is 10.9 Å². The molecular weight excluding hydrogens is 644 g/mol. The molecule has 1 aliphatic heterocycles. The van der Waals surface area contributed by atoms with E-state index >= 15 is 0 Å². The van der Waals surface area contributed by atoms with Crippen molar-refractivity contribution in [2.75, 3.05) is 13.1 Å². The van der Waals surface area contributed by atoms with Crippen LogP contribution in [0.2, 0.25) is 0 Å². The first-order valence-corrected chi connectivity index (χ1v) is 16.4. The fourth-order valence-corrected chi connectivity index (χ4v) is 5.54. The third-order valence-electron chi connectivity index (χ3n) is 8.21. The molecule has 0 saturated heterocycles. The number of amides is 5. The zero-order valence-electron chi connectivity index (χ0n) is 28.0. The number of carbonyl (C=O) groups is 5. The molecule has 15 nitrogen and oxygen atoms in total. The Bertz CT molecular complexity index is 1920. The summed E-state index contributed by atoms with van der Waals surface area (Å²) >= 11 is 0. The summed E-state index contributed by atoms with van der Waals surface area (Å²) in [6.07, 6.45) is 1.73. The van der Waals surface area contributed by atoms with Crippen molar-refractivity contribution in [3.63, 3.8) is 0 Å². The molecule has 4 N–H and O–H groups in total. The van der Waals surface area contributed by atoms with E-state index in [1.807, 2.05) is 44.2 Å². The van der Waals surface area contributed by atoms with Crippen molar-refractivity contribution in [2.45, 2.75) is 64.8 Å². The van der Waals surface area contributed by atoms with Crippen LogP contribution in [0.1, 0.15) is 49.0 Å². The van der Waals surface area contributed by atoms with Gasteiger partial charge in [0, 0.05) is 25.6 Å². The zero-order chi connectivity index (χ0) is 35.8. The minimum atomic E-state index is -1.06. The molecule has 3 heterocycles. The Kier molecular flexibility index (Phi) is 11.4. The van der Waals surface area contributed by atoms with E-state index in [0.717, 1.165) is 5.56 Å². The van der Waals surface area contributed by atoms with Gasteiger partial charge in [-0.2, -0.15) is 0 Å². The molecule has 262 valence electrons. The predicted molar refractivity (Wildman–Crippen MR) is 181 cm³/mol. The highest BCUT2D eigenvalue weighted by molar-refractivity contribution is 5.97. The number of hydrogen-bond donors (Lipinski definition) is 4. The molecule has 5 rings (SSSR count). The van der Waals surface area contributed by atoms with E-state index in [1.165, 1.54) is 28.8 Å². The Morgan fingerprint density at radius 3 is 2.40 bits per heavy atom. The molecule has 3 atom stereocenters. The molecule has 0 fully saturated rings. The Balaban J connectivity index is 1.43. The van der Waals surface area contributed by atoms with Crippen LogP contribution in [0.3, 0.4) is 0 Å². The van der Waals surface area contributed by atoms with Crippen molar-refractivity contribution in [2.24, 2.45) is 5.92 Å². The summed E-state index contributed by atoms with van der Waals surface area (Å²) in [6, 6.07) is 14.2. The van der Waals surface area contributed by atoms with Gasteiger partial charge in [-0.3, -0.25) is 33.3 Å². The van der Waals surface area contributed by atoms with Gasteiger partial charge >= 0.3 is 0 Å². The summed E-state index contributed by atoms with van der Waals surface area (Å²) in [7, 11) is 0. The fourth-order valence-electron chi connectivity index (χ4n) is 5.54. The van der Waals surface area contributed by atoms with Crippen molar-refractivity contribution < 1.29 is 28.5 Å². The molecule has 1 aliphatic rings. The summed E-state index contributed by atoms with van der Waals surface area (Å²) in [5.74, 6) is -2.69. The molecule has 2 bridgehead atoms. The molecule has 0 aliphatic carbocycles. The van der Waals surface area contributed by atoms with Gasteiger partial charge in [0.1, 0.15) is 24.7 Å². The summed E-state index contributed by atoms with van der Waals surface area (Å²) < 4.78 is 6.57. The molecule has 0 unspecified atom stereocenters. The number of aromatic nitrogens is 3. The largest absolute Gasteiger partial charge is 0.359 e. The molecular formula is C35H40N8O7.